The molecule has 0 spiro atoms. The number of urea groups is 1. The van der Waals surface area contributed by atoms with E-state index in [9.17, 15) is 32.5 Å². The molecule has 0 fully saturated rings. The summed E-state index contributed by atoms with van der Waals surface area (Å²) in [6, 6.07) is 64.5. The van der Waals surface area contributed by atoms with Crippen LogP contribution in [-0.4, -0.2) is 35.9 Å². The number of aromatic nitrogens is 5. The van der Waals surface area contributed by atoms with E-state index in [0.29, 0.717) is 23.9 Å². The Labute approximate surface area is 510 Å². The predicted molar refractivity (Wildman–Crippen MR) is 348 cm³/mol. The van der Waals surface area contributed by atoms with Crippen molar-refractivity contribution in [3.05, 3.63) is 306 Å². The number of amides is 2. The van der Waals surface area contributed by atoms with E-state index >= 15 is 0 Å². The number of halogens is 5. The Kier molecular flexibility index (Phi) is 19.1. The number of anilines is 3. The fourth-order valence-electron chi connectivity index (χ4n) is 9.57. The van der Waals surface area contributed by atoms with Crippen LogP contribution in [0.3, 0.4) is 0 Å². The number of hydrogen-bond donors (Lipinski definition) is 3. The number of fused-ring (bicyclic) bond motifs is 5. The summed E-state index contributed by atoms with van der Waals surface area (Å²) in [5.41, 5.74) is 11.4. The summed E-state index contributed by atoms with van der Waals surface area (Å²) >= 11 is 3.47. The number of nitrogens with one attached hydrogen (secondary N) is 2. The largest absolute Gasteiger partial charge is 0.416 e. The van der Waals surface area contributed by atoms with E-state index in [-0.39, 0.29) is 10.6 Å². The van der Waals surface area contributed by atoms with Crippen LogP contribution >= 0.6 is 15.9 Å². The second-order valence-electron chi connectivity index (χ2n) is 19.6. The number of nitro benzene ring substituents is 1. The van der Waals surface area contributed by atoms with Crippen molar-refractivity contribution in [1.29, 1.82) is 0 Å². The monoisotopic (exact) mass is 1230 g/mol. The summed E-state index contributed by atoms with van der Waals surface area (Å²) in [4.78, 5) is 43.1. The van der Waals surface area contributed by atoms with Gasteiger partial charge in [0.05, 0.1) is 16.2 Å². The van der Waals surface area contributed by atoms with E-state index in [1.54, 1.807) is 61.3 Å². The fraction of sp³-hybridized carbons (Fsp3) is 0.0141. The van der Waals surface area contributed by atoms with Gasteiger partial charge in [0.15, 0.2) is 0 Å². The van der Waals surface area contributed by atoms with Crippen LogP contribution in [-0.2, 0) is 6.18 Å². The second kappa shape index (κ2) is 28.1. The van der Waals surface area contributed by atoms with Crippen molar-refractivity contribution in [2.24, 2.45) is 0 Å². The third-order valence-electron chi connectivity index (χ3n) is 13.8. The van der Waals surface area contributed by atoms with Crippen molar-refractivity contribution < 1.29 is 27.3 Å². The number of carbonyl (C=O) groups is 1. The molecule has 0 radical (unpaired) electrons. The van der Waals surface area contributed by atoms with E-state index in [1.807, 2.05) is 164 Å². The molecular weight excluding hydrogens is 1180 g/mol. The van der Waals surface area contributed by atoms with E-state index in [1.165, 1.54) is 38.6 Å². The molecule has 0 bridgehead atoms. The summed E-state index contributed by atoms with van der Waals surface area (Å²) in [5.74, 6) is -0.971. The zero-order valence-electron chi connectivity index (χ0n) is 46.4. The summed E-state index contributed by atoms with van der Waals surface area (Å²) < 4.78 is 53.5. The summed E-state index contributed by atoms with van der Waals surface area (Å²) in [6.07, 6.45) is 13.3. The molecule has 0 atom stereocenters. The number of hydrogen-bond acceptors (Lipinski definition) is 9. The molecule has 5 aromatic heterocycles. The third-order valence-corrected chi connectivity index (χ3v) is 14.4. The first-order valence-corrected chi connectivity index (χ1v) is 28.0. The first-order chi connectivity index (χ1) is 42.7. The normalized spacial score (nSPS) is 10.7. The lowest BCUT2D eigenvalue weighted by molar-refractivity contribution is -0.384. The lowest BCUT2D eigenvalue weighted by Crippen LogP contribution is -2.20. The van der Waals surface area contributed by atoms with E-state index in [0.717, 1.165) is 64.9 Å². The number of alkyl halides is 3. The summed E-state index contributed by atoms with van der Waals surface area (Å²) in [7, 11) is 0. The van der Waals surface area contributed by atoms with Crippen LogP contribution in [0.4, 0.5) is 45.1 Å². The molecule has 0 aliphatic heterocycles. The van der Waals surface area contributed by atoms with Gasteiger partial charge in [-0.1, -0.05) is 143 Å². The van der Waals surface area contributed by atoms with Crippen molar-refractivity contribution in [3.8, 4) is 33.4 Å². The Balaban J connectivity index is 0.000000129. The number of nitro groups is 1. The minimum atomic E-state index is -4.65. The van der Waals surface area contributed by atoms with E-state index in [2.05, 4.69) is 81.8 Å². The van der Waals surface area contributed by atoms with Crippen LogP contribution in [0.15, 0.2) is 285 Å². The van der Waals surface area contributed by atoms with Crippen molar-refractivity contribution >= 4 is 98.6 Å². The molecule has 9 aromatic carbocycles. The SMILES string of the molecule is Brc1cccc2cnccc12.Nc1cccc(-c2cccc3cnccc23)c1.O=C(Nc1cccc(-c2cccc3cnccc23)c1)Nc1cc(C(F)(F)F)ccc1F.O=[N+]([O-])c1cccc(-c2cccc3cnccc23)c1.c1ccc2cnccc2c1. The van der Waals surface area contributed by atoms with Gasteiger partial charge >= 0.3 is 12.2 Å². The molecule has 4 N–H and O–H groups in total. The maximum atomic E-state index is 13.9. The van der Waals surface area contributed by atoms with Crippen molar-refractivity contribution in [3.63, 3.8) is 0 Å². The lowest BCUT2D eigenvalue weighted by atomic mass is 9.99. The van der Waals surface area contributed by atoms with Gasteiger partial charge in [0.1, 0.15) is 5.82 Å². The molecule has 0 aliphatic carbocycles. The molecule has 432 valence electrons. The number of rotatable bonds is 6. The van der Waals surface area contributed by atoms with Gasteiger partial charge in [0.25, 0.3) is 5.69 Å². The zero-order valence-corrected chi connectivity index (χ0v) is 48.0. The molecule has 0 saturated carbocycles. The van der Waals surface area contributed by atoms with Crippen LogP contribution in [0, 0.1) is 15.9 Å². The maximum Gasteiger partial charge on any atom is 0.416 e. The van der Waals surface area contributed by atoms with Gasteiger partial charge in [-0.05, 0) is 145 Å². The Morgan fingerprint density at radius 1 is 0.455 bits per heavy atom. The van der Waals surface area contributed by atoms with Gasteiger partial charge in [0.2, 0.25) is 0 Å². The predicted octanol–water partition coefficient (Wildman–Crippen LogP) is 19.2. The van der Waals surface area contributed by atoms with Crippen LogP contribution in [0.2, 0.25) is 0 Å². The van der Waals surface area contributed by atoms with Crippen molar-refractivity contribution in [1.82, 2.24) is 24.9 Å². The number of nitrogen functional groups attached to an aromatic ring is 1. The Bertz CT molecular complexity index is 4700. The van der Waals surface area contributed by atoms with E-state index in [4.69, 9.17) is 5.73 Å². The molecule has 14 rings (SSSR count). The van der Waals surface area contributed by atoms with Gasteiger partial charge in [-0.2, -0.15) is 13.2 Å². The zero-order chi connectivity index (χ0) is 61.4. The van der Waals surface area contributed by atoms with Gasteiger partial charge in [-0.3, -0.25) is 35.0 Å². The maximum absolute atomic E-state index is 13.9. The average molecular weight is 1230 g/mol. The van der Waals surface area contributed by atoms with Crippen molar-refractivity contribution in [2.75, 3.05) is 16.4 Å². The minimum absolute atomic E-state index is 0.101. The van der Waals surface area contributed by atoms with Crippen molar-refractivity contribution in [2.45, 2.75) is 6.18 Å². The smallest absolute Gasteiger partial charge is 0.399 e. The Morgan fingerprint density at radius 2 is 0.898 bits per heavy atom. The van der Waals surface area contributed by atoms with E-state index < -0.39 is 29.3 Å². The topological polar surface area (TPSA) is 175 Å². The first-order valence-electron chi connectivity index (χ1n) is 27.2. The number of carbonyl (C=O) groups excluding carboxylic acids is 1. The highest BCUT2D eigenvalue weighted by Crippen LogP contribution is 2.35. The highest BCUT2D eigenvalue weighted by Gasteiger charge is 2.31. The van der Waals surface area contributed by atoms with Crippen LogP contribution in [0.25, 0.3) is 87.2 Å². The Morgan fingerprint density at radius 3 is 1.42 bits per heavy atom. The lowest BCUT2D eigenvalue weighted by Gasteiger charge is -2.13. The molecule has 88 heavy (non-hydrogen) atoms. The number of non-ortho nitro benzene ring substituents is 1. The van der Waals surface area contributed by atoms with Gasteiger partial charge < -0.3 is 16.4 Å². The highest BCUT2D eigenvalue weighted by atomic mass is 79.9. The molecule has 0 unspecified atom stereocenters. The van der Waals surface area contributed by atoms with Crippen LogP contribution in [0.5, 0.6) is 0 Å². The number of nitrogens with two attached hydrogens (primary N) is 1. The summed E-state index contributed by atoms with van der Waals surface area (Å²) in [6.45, 7) is 0. The number of pyridine rings is 5. The third kappa shape index (κ3) is 15.1. The standard InChI is InChI=1S/C23H15F4N3O.C15H10N2O2.C15H12N2.C9H6BrN.C9H7N/c24-20-8-7-16(23(25,26)27)12-21(20)30-22(31)29-17-5-1-3-14(11-17)18-6-2-4-15-13-28-10-9-19(15)18;18-17(19)13-5-1-3-11(9-13)14-6-2-4-12-10-16-8-7-15(12)14;16-13-5-1-3-11(9-13)14-6-2-4-12-10-17-8-7-15(12)14;10-9-3-1-2-7-6-11-5-4-8(7)9;1-2-4-9-7-10-6-5-8(9)3-1/h1-13H,(H2,29,30,31);1-10H;1-10H,16H2;1-6H;1-7H. The van der Waals surface area contributed by atoms with Gasteiger partial charge in [-0.25, -0.2) is 9.18 Å². The first kappa shape index (κ1) is 59.8. The van der Waals surface area contributed by atoms with Crippen LogP contribution < -0.4 is 16.4 Å². The van der Waals surface area contributed by atoms with Gasteiger partial charge in [-0.15, -0.1) is 0 Å². The van der Waals surface area contributed by atoms with Gasteiger partial charge in [0, 0.05) is 111 Å². The molecule has 0 saturated heterocycles. The molecule has 0 aliphatic rings. The molecule has 5 heterocycles. The molecular formula is C71H50BrF4N9O3. The minimum Gasteiger partial charge on any atom is -0.399 e. The number of benzene rings is 9. The van der Waals surface area contributed by atoms with Crippen LogP contribution in [0.1, 0.15) is 5.56 Å². The second-order valence-corrected chi connectivity index (χ2v) is 20.4. The molecule has 12 nitrogen and oxygen atoms in total. The average Bonchev–Trinajstić information content (AvgIpc) is 1.86. The molecule has 14 aromatic rings. The number of nitrogens with zero attached hydrogens (tertiary/aromatic N) is 6. The summed E-state index contributed by atoms with van der Waals surface area (Å²) in [5, 5.41) is 26.7. The quantitative estimate of drug-likeness (QED) is 0.0633. The Hall–Kier alpha value is -11.3. The highest BCUT2D eigenvalue weighted by molar-refractivity contribution is 9.10. The molecule has 2 amide bonds. The molecule has 17 heteroatoms. The fourth-order valence-corrected chi connectivity index (χ4v) is 10.1.